The second-order valence-corrected chi connectivity index (χ2v) is 9.86. The molecule has 0 aliphatic rings. The Morgan fingerprint density at radius 2 is 1.30 bits per heavy atom. The highest BCUT2D eigenvalue weighted by Crippen LogP contribution is 2.16. The molecule has 2 N–H and O–H groups in total. The highest BCUT2D eigenvalue weighted by atomic mass is 16.5. The van der Waals surface area contributed by atoms with E-state index >= 15 is 0 Å². The van der Waals surface area contributed by atoms with Crippen LogP contribution in [-0.4, -0.2) is 25.6 Å². The van der Waals surface area contributed by atoms with E-state index in [0.29, 0.717) is 12.5 Å². The first-order chi connectivity index (χ1) is 16.1. The molecule has 1 rings (SSSR count). The van der Waals surface area contributed by atoms with Crippen LogP contribution in [0.4, 0.5) is 5.69 Å². The van der Waals surface area contributed by atoms with Crippen LogP contribution in [0.1, 0.15) is 117 Å². The average Bonchev–Trinajstić information content (AvgIpc) is 2.81. The molecule has 33 heavy (non-hydrogen) atoms. The number of anilines is 1. The van der Waals surface area contributed by atoms with Gasteiger partial charge in [0.05, 0.1) is 13.2 Å². The number of amides is 1. The molecular weight excluding hydrogens is 408 g/mol. The number of carbonyl (C=O) groups excluding carboxylic acids is 1. The molecule has 4 nitrogen and oxygen atoms in total. The number of ether oxygens (including phenoxy) is 1. The normalized spacial score (nSPS) is 11.0. The van der Waals surface area contributed by atoms with Crippen molar-refractivity contribution in [1.82, 2.24) is 5.32 Å². The van der Waals surface area contributed by atoms with Crippen molar-refractivity contribution >= 4 is 11.6 Å². The molecule has 190 valence electrons. The van der Waals surface area contributed by atoms with E-state index in [0.717, 1.165) is 37.4 Å². The molecular formula is C29H52N2O2. The van der Waals surface area contributed by atoms with Crippen LogP contribution in [0.15, 0.2) is 24.3 Å². The van der Waals surface area contributed by atoms with Crippen molar-refractivity contribution in [3.63, 3.8) is 0 Å². The van der Waals surface area contributed by atoms with Gasteiger partial charge in [-0.15, -0.1) is 0 Å². The summed E-state index contributed by atoms with van der Waals surface area (Å²) in [7, 11) is 0. The van der Waals surface area contributed by atoms with Gasteiger partial charge in [-0.1, -0.05) is 104 Å². The molecule has 4 heteroatoms. The van der Waals surface area contributed by atoms with Crippen LogP contribution in [0.5, 0.6) is 5.75 Å². The summed E-state index contributed by atoms with van der Waals surface area (Å²) in [6.07, 6.45) is 20.0. The summed E-state index contributed by atoms with van der Waals surface area (Å²) in [5.41, 5.74) is 0.942. The molecule has 0 spiro atoms. The summed E-state index contributed by atoms with van der Waals surface area (Å²) < 4.78 is 5.73. The predicted molar refractivity (Wildman–Crippen MR) is 143 cm³/mol. The summed E-state index contributed by atoms with van der Waals surface area (Å²) in [4.78, 5) is 12.0. The molecule has 0 heterocycles. The Kier molecular flexibility index (Phi) is 18.5. The molecule has 0 unspecified atom stereocenters. The third-order valence-electron chi connectivity index (χ3n) is 6.12. The fourth-order valence-corrected chi connectivity index (χ4v) is 3.87. The summed E-state index contributed by atoms with van der Waals surface area (Å²) in [5, 5.41) is 6.20. The Morgan fingerprint density at radius 3 is 1.82 bits per heavy atom. The number of unbranched alkanes of at least 4 members (excludes halogenated alkanes) is 13. The van der Waals surface area contributed by atoms with Crippen molar-refractivity contribution in [3.05, 3.63) is 24.3 Å². The van der Waals surface area contributed by atoms with E-state index in [-0.39, 0.29) is 5.91 Å². The highest BCUT2D eigenvalue weighted by molar-refractivity contribution is 5.80. The Balaban J connectivity index is 1.89. The minimum absolute atomic E-state index is 0.0574. The van der Waals surface area contributed by atoms with Crippen molar-refractivity contribution in [2.75, 3.05) is 25.0 Å². The van der Waals surface area contributed by atoms with Crippen molar-refractivity contribution < 1.29 is 9.53 Å². The van der Waals surface area contributed by atoms with E-state index in [1.165, 1.54) is 83.5 Å². The third kappa shape index (κ3) is 18.4. The van der Waals surface area contributed by atoms with E-state index in [2.05, 4.69) is 31.4 Å². The molecule has 0 atom stereocenters. The van der Waals surface area contributed by atoms with Gasteiger partial charge in [-0.25, -0.2) is 0 Å². The SMILES string of the molecule is CCCCCCCCCCCCCCCCNC(=O)CNc1ccc(OCCC(C)C)cc1. The molecule has 0 aromatic heterocycles. The molecule has 0 saturated heterocycles. The second-order valence-electron chi connectivity index (χ2n) is 9.86. The molecule has 1 amide bonds. The van der Waals surface area contributed by atoms with Crippen molar-refractivity contribution in [3.8, 4) is 5.75 Å². The van der Waals surface area contributed by atoms with Crippen LogP contribution in [0.25, 0.3) is 0 Å². The van der Waals surface area contributed by atoms with Crippen LogP contribution in [0.2, 0.25) is 0 Å². The number of nitrogens with one attached hydrogen (secondary N) is 2. The van der Waals surface area contributed by atoms with Crippen LogP contribution in [0, 0.1) is 5.92 Å². The first kappa shape index (κ1) is 29.3. The Hall–Kier alpha value is -1.71. The van der Waals surface area contributed by atoms with Gasteiger partial charge in [-0.3, -0.25) is 4.79 Å². The van der Waals surface area contributed by atoms with Crippen LogP contribution in [-0.2, 0) is 4.79 Å². The van der Waals surface area contributed by atoms with Gasteiger partial charge in [0.15, 0.2) is 0 Å². The lowest BCUT2D eigenvalue weighted by atomic mass is 10.0. The van der Waals surface area contributed by atoms with Gasteiger partial charge < -0.3 is 15.4 Å². The smallest absolute Gasteiger partial charge is 0.239 e. The zero-order valence-electron chi connectivity index (χ0n) is 21.9. The van der Waals surface area contributed by atoms with E-state index in [9.17, 15) is 4.79 Å². The maximum absolute atomic E-state index is 12.0. The number of hydrogen-bond donors (Lipinski definition) is 2. The van der Waals surface area contributed by atoms with E-state index in [1.807, 2.05) is 24.3 Å². The Labute approximate surface area is 204 Å². The van der Waals surface area contributed by atoms with Gasteiger partial charge in [0.2, 0.25) is 5.91 Å². The third-order valence-corrected chi connectivity index (χ3v) is 6.12. The van der Waals surface area contributed by atoms with Crippen LogP contribution >= 0.6 is 0 Å². The first-order valence-corrected chi connectivity index (χ1v) is 13.8. The fraction of sp³-hybridized carbons (Fsp3) is 0.759. The molecule has 1 aromatic carbocycles. The van der Waals surface area contributed by atoms with Gasteiger partial charge >= 0.3 is 0 Å². The number of benzene rings is 1. The average molecular weight is 461 g/mol. The van der Waals surface area contributed by atoms with Gasteiger partial charge in [0.1, 0.15) is 5.75 Å². The molecule has 0 bridgehead atoms. The zero-order valence-corrected chi connectivity index (χ0v) is 21.9. The second kappa shape index (κ2) is 20.9. The number of carbonyl (C=O) groups is 1. The lowest BCUT2D eigenvalue weighted by Gasteiger charge is -2.10. The van der Waals surface area contributed by atoms with Gasteiger partial charge in [-0.2, -0.15) is 0 Å². The van der Waals surface area contributed by atoms with Crippen LogP contribution in [0.3, 0.4) is 0 Å². The monoisotopic (exact) mass is 460 g/mol. The minimum atomic E-state index is 0.0574. The minimum Gasteiger partial charge on any atom is -0.494 e. The molecule has 0 fully saturated rings. The molecule has 1 aromatic rings. The lowest BCUT2D eigenvalue weighted by molar-refractivity contribution is -0.119. The molecule has 0 aliphatic carbocycles. The topological polar surface area (TPSA) is 50.4 Å². The maximum Gasteiger partial charge on any atom is 0.239 e. The quantitative estimate of drug-likeness (QED) is 0.172. The summed E-state index contributed by atoms with van der Waals surface area (Å²) in [5.74, 6) is 1.58. The molecule has 0 radical (unpaired) electrons. The summed E-state index contributed by atoms with van der Waals surface area (Å²) in [6.45, 7) is 8.50. The lowest BCUT2D eigenvalue weighted by Crippen LogP contribution is -2.30. The van der Waals surface area contributed by atoms with E-state index in [4.69, 9.17) is 4.74 Å². The standard InChI is InChI=1S/C29H52N2O2/c1-4-5-6-7-8-9-10-11-12-13-14-15-16-17-23-30-29(32)25-31-27-18-20-28(21-19-27)33-24-22-26(2)3/h18-21,26,31H,4-17,22-25H2,1-3H3,(H,30,32). The van der Waals surface area contributed by atoms with Crippen molar-refractivity contribution in [2.24, 2.45) is 5.92 Å². The van der Waals surface area contributed by atoms with Crippen molar-refractivity contribution in [1.29, 1.82) is 0 Å². The van der Waals surface area contributed by atoms with Gasteiger partial charge in [0, 0.05) is 12.2 Å². The first-order valence-electron chi connectivity index (χ1n) is 13.8. The van der Waals surface area contributed by atoms with Crippen molar-refractivity contribution in [2.45, 2.75) is 117 Å². The summed E-state index contributed by atoms with van der Waals surface area (Å²) in [6, 6.07) is 7.83. The number of hydrogen-bond acceptors (Lipinski definition) is 3. The summed E-state index contributed by atoms with van der Waals surface area (Å²) >= 11 is 0. The van der Waals surface area contributed by atoms with E-state index in [1.54, 1.807) is 0 Å². The zero-order chi connectivity index (χ0) is 24.0. The van der Waals surface area contributed by atoms with Crippen LogP contribution < -0.4 is 15.4 Å². The fourth-order valence-electron chi connectivity index (χ4n) is 3.87. The molecule has 0 saturated carbocycles. The Bertz CT molecular complexity index is 571. The largest absolute Gasteiger partial charge is 0.494 e. The predicted octanol–water partition coefficient (Wildman–Crippen LogP) is 8.12. The van der Waals surface area contributed by atoms with E-state index < -0.39 is 0 Å². The van der Waals surface area contributed by atoms with Gasteiger partial charge in [-0.05, 0) is 43.0 Å². The Morgan fingerprint density at radius 1 is 0.788 bits per heavy atom. The van der Waals surface area contributed by atoms with Gasteiger partial charge in [0.25, 0.3) is 0 Å². The maximum atomic E-state index is 12.0. The highest BCUT2D eigenvalue weighted by Gasteiger charge is 2.02. The number of rotatable bonds is 22. The molecule has 0 aliphatic heterocycles.